The number of rotatable bonds is 5. The van der Waals surface area contributed by atoms with E-state index in [0.717, 1.165) is 42.8 Å². The number of aromatic nitrogens is 2. The molecular formula is C19H26N4O2S. The van der Waals surface area contributed by atoms with E-state index < -0.39 is 10.0 Å². The molecule has 1 aliphatic rings. The van der Waals surface area contributed by atoms with Crippen molar-refractivity contribution >= 4 is 16.0 Å². The van der Waals surface area contributed by atoms with E-state index in [1.54, 1.807) is 12.1 Å². The molecule has 0 atom stereocenters. The standard InChI is InChI=1S/C19H26N4O2S/c1-14-7-8-18(11-15(14)2)26(24,25)20-13-17-12-16(3)21-19(22-17)23-9-5-4-6-10-23/h7-8,11-12,20H,4-6,9-10,13H2,1-3H3. The van der Waals surface area contributed by atoms with Crippen LogP contribution < -0.4 is 9.62 Å². The van der Waals surface area contributed by atoms with Gasteiger partial charge in [0.15, 0.2) is 0 Å². The van der Waals surface area contributed by atoms with Crippen molar-refractivity contribution < 1.29 is 8.42 Å². The molecule has 0 aliphatic carbocycles. The summed E-state index contributed by atoms with van der Waals surface area (Å²) in [5.41, 5.74) is 3.56. The summed E-state index contributed by atoms with van der Waals surface area (Å²) < 4.78 is 27.8. The van der Waals surface area contributed by atoms with E-state index >= 15 is 0 Å². The lowest BCUT2D eigenvalue weighted by molar-refractivity contribution is 0.565. The van der Waals surface area contributed by atoms with Gasteiger partial charge < -0.3 is 4.90 Å². The molecule has 0 saturated carbocycles. The van der Waals surface area contributed by atoms with Gasteiger partial charge in [0.1, 0.15) is 0 Å². The quantitative estimate of drug-likeness (QED) is 0.871. The Morgan fingerprint density at radius 3 is 2.42 bits per heavy atom. The number of sulfonamides is 1. The first-order valence-corrected chi connectivity index (χ1v) is 10.5. The van der Waals surface area contributed by atoms with Crippen molar-refractivity contribution in [2.24, 2.45) is 0 Å². The molecule has 0 unspecified atom stereocenters. The van der Waals surface area contributed by atoms with Crippen LogP contribution in [0.5, 0.6) is 0 Å². The van der Waals surface area contributed by atoms with Crippen LogP contribution in [0.15, 0.2) is 29.2 Å². The lowest BCUT2D eigenvalue weighted by Gasteiger charge is -2.27. The third-order valence-corrected chi connectivity index (χ3v) is 6.17. The summed E-state index contributed by atoms with van der Waals surface area (Å²) in [7, 11) is -3.57. The van der Waals surface area contributed by atoms with E-state index in [1.165, 1.54) is 6.42 Å². The van der Waals surface area contributed by atoms with Crippen LogP contribution in [0, 0.1) is 20.8 Å². The molecule has 0 bridgehead atoms. The number of nitrogens with one attached hydrogen (secondary N) is 1. The van der Waals surface area contributed by atoms with Gasteiger partial charge in [-0.3, -0.25) is 0 Å². The predicted molar refractivity (Wildman–Crippen MR) is 103 cm³/mol. The number of hydrogen-bond acceptors (Lipinski definition) is 5. The molecule has 0 radical (unpaired) electrons. The summed E-state index contributed by atoms with van der Waals surface area (Å²) in [5.74, 6) is 0.699. The zero-order valence-electron chi connectivity index (χ0n) is 15.6. The van der Waals surface area contributed by atoms with Gasteiger partial charge in [-0.2, -0.15) is 0 Å². The van der Waals surface area contributed by atoms with Gasteiger partial charge in [-0.15, -0.1) is 0 Å². The van der Waals surface area contributed by atoms with E-state index in [0.29, 0.717) is 11.6 Å². The van der Waals surface area contributed by atoms with Gasteiger partial charge >= 0.3 is 0 Å². The molecule has 6 nitrogen and oxygen atoms in total. The fourth-order valence-corrected chi connectivity index (χ4v) is 4.16. The molecule has 1 saturated heterocycles. The maximum absolute atomic E-state index is 12.6. The second-order valence-corrected chi connectivity index (χ2v) is 8.69. The third kappa shape index (κ3) is 4.40. The Bertz CT molecular complexity index is 890. The molecular weight excluding hydrogens is 348 g/mol. The van der Waals surface area contributed by atoms with Crippen LogP contribution >= 0.6 is 0 Å². The molecule has 140 valence electrons. The zero-order valence-corrected chi connectivity index (χ0v) is 16.4. The number of piperidine rings is 1. The normalized spacial score (nSPS) is 15.3. The summed E-state index contributed by atoms with van der Waals surface area (Å²) in [5, 5.41) is 0. The minimum atomic E-state index is -3.57. The van der Waals surface area contributed by atoms with Crippen LogP contribution in [-0.4, -0.2) is 31.5 Å². The molecule has 1 aromatic heterocycles. The first-order valence-electron chi connectivity index (χ1n) is 9.01. The Hall–Kier alpha value is -1.99. The van der Waals surface area contributed by atoms with Crippen LogP contribution in [0.2, 0.25) is 0 Å². The Morgan fingerprint density at radius 2 is 1.73 bits per heavy atom. The van der Waals surface area contributed by atoms with Crippen LogP contribution in [0.25, 0.3) is 0 Å². The number of benzene rings is 1. The fraction of sp³-hybridized carbons (Fsp3) is 0.474. The van der Waals surface area contributed by atoms with Crippen LogP contribution in [-0.2, 0) is 16.6 Å². The van der Waals surface area contributed by atoms with E-state index in [1.807, 2.05) is 32.9 Å². The molecule has 2 aromatic rings. The van der Waals surface area contributed by atoms with Crippen LogP contribution in [0.3, 0.4) is 0 Å². The Balaban J connectivity index is 1.76. The van der Waals surface area contributed by atoms with Crippen molar-refractivity contribution in [3.63, 3.8) is 0 Å². The third-order valence-electron chi connectivity index (χ3n) is 4.77. The van der Waals surface area contributed by atoms with Gasteiger partial charge in [0, 0.05) is 18.8 Å². The van der Waals surface area contributed by atoms with E-state index in [-0.39, 0.29) is 11.4 Å². The molecule has 26 heavy (non-hydrogen) atoms. The first-order chi connectivity index (χ1) is 12.3. The van der Waals surface area contributed by atoms with E-state index in [2.05, 4.69) is 19.6 Å². The van der Waals surface area contributed by atoms with Crippen molar-refractivity contribution in [1.29, 1.82) is 0 Å². The molecule has 1 N–H and O–H groups in total. The first kappa shape index (κ1) is 18.8. The number of nitrogens with zero attached hydrogens (tertiary/aromatic N) is 3. The number of hydrogen-bond donors (Lipinski definition) is 1. The van der Waals surface area contributed by atoms with Crippen molar-refractivity contribution in [3.8, 4) is 0 Å². The van der Waals surface area contributed by atoms with Gasteiger partial charge in [-0.1, -0.05) is 6.07 Å². The SMILES string of the molecule is Cc1cc(CNS(=O)(=O)c2ccc(C)c(C)c2)nc(N2CCCCC2)n1. The van der Waals surface area contributed by atoms with Gasteiger partial charge in [0.2, 0.25) is 16.0 Å². The summed E-state index contributed by atoms with van der Waals surface area (Å²) in [6.45, 7) is 7.85. The molecule has 3 rings (SSSR count). The largest absolute Gasteiger partial charge is 0.341 e. The second-order valence-electron chi connectivity index (χ2n) is 6.92. The van der Waals surface area contributed by atoms with Gasteiger partial charge in [-0.05, 0) is 69.4 Å². The highest BCUT2D eigenvalue weighted by atomic mass is 32.2. The molecule has 1 aliphatic heterocycles. The lowest BCUT2D eigenvalue weighted by atomic mass is 10.1. The van der Waals surface area contributed by atoms with E-state index in [4.69, 9.17) is 0 Å². The van der Waals surface area contributed by atoms with Gasteiger partial charge in [0.25, 0.3) is 0 Å². The predicted octanol–water partition coefficient (Wildman–Crippen LogP) is 2.87. The molecule has 1 aromatic carbocycles. The highest BCUT2D eigenvalue weighted by Crippen LogP contribution is 2.18. The van der Waals surface area contributed by atoms with Crippen molar-refractivity contribution in [3.05, 3.63) is 46.8 Å². The second kappa shape index (κ2) is 7.72. The van der Waals surface area contributed by atoms with Crippen molar-refractivity contribution in [1.82, 2.24) is 14.7 Å². The highest BCUT2D eigenvalue weighted by molar-refractivity contribution is 7.89. The molecule has 0 spiro atoms. The molecule has 2 heterocycles. The van der Waals surface area contributed by atoms with Crippen LogP contribution in [0.4, 0.5) is 5.95 Å². The van der Waals surface area contributed by atoms with E-state index in [9.17, 15) is 8.42 Å². The molecule has 7 heteroatoms. The zero-order chi connectivity index (χ0) is 18.7. The molecule has 1 fully saturated rings. The Kier molecular flexibility index (Phi) is 5.58. The Labute approximate surface area is 155 Å². The van der Waals surface area contributed by atoms with Gasteiger partial charge in [-0.25, -0.2) is 23.1 Å². The van der Waals surface area contributed by atoms with Gasteiger partial charge in [0.05, 0.1) is 17.1 Å². The van der Waals surface area contributed by atoms with Crippen molar-refractivity contribution in [2.75, 3.05) is 18.0 Å². The fourth-order valence-electron chi connectivity index (χ4n) is 3.08. The minimum Gasteiger partial charge on any atom is -0.341 e. The maximum Gasteiger partial charge on any atom is 0.240 e. The summed E-state index contributed by atoms with van der Waals surface area (Å²) >= 11 is 0. The monoisotopic (exact) mass is 374 g/mol. The highest BCUT2D eigenvalue weighted by Gasteiger charge is 2.17. The minimum absolute atomic E-state index is 0.152. The topological polar surface area (TPSA) is 75.2 Å². The summed E-state index contributed by atoms with van der Waals surface area (Å²) in [6.07, 6.45) is 3.53. The maximum atomic E-state index is 12.6. The summed E-state index contributed by atoms with van der Waals surface area (Å²) in [4.78, 5) is 11.6. The number of anilines is 1. The average molecular weight is 375 g/mol. The lowest BCUT2D eigenvalue weighted by Crippen LogP contribution is -2.32. The number of aryl methyl sites for hydroxylation is 3. The van der Waals surface area contributed by atoms with Crippen molar-refractivity contribution in [2.45, 2.75) is 51.5 Å². The smallest absolute Gasteiger partial charge is 0.240 e. The average Bonchev–Trinajstić information content (AvgIpc) is 2.62. The van der Waals surface area contributed by atoms with Crippen LogP contribution in [0.1, 0.15) is 41.8 Å². The molecule has 0 amide bonds. The summed E-state index contributed by atoms with van der Waals surface area (Å²) in [6, 6.07) is 6.99. The Morgan fingerprint density at radius 1 is 1.00 bits per heavy atom.